The van der Waals surface area contributed by atoms with Crippen LogP contribution in [0.1, 0.15) is 17.9 Å². The minimum Gasteiger partial charge on any atom is -0.298 e. The summed E-state index contributed by atoms with van der Waals surface area (Å²) in [6.07, 6.45) is 0. The lowest BCUT2D eigenvalue weighted by Gasteiger charge is -2.10. The predicted octanol–water partition coefficient (Wildman–Crippen LogP) is 4.08. The van der Waals surface area contributed by atoms with E-state index >= 15 is 0 Å². The molecule has 0 bridgehead atoms. The Kier molecular flexibility index (Phi) is 4.81. The Morgan fingerprint density at radius 3 is 2.42 bits per heavy atom. The maximum atomic E-state index is 12.3. The van der Waals surface area contributed by atoms with E-state index in [0.717, 1.165) is 25.1 Å². The molecule has 1 unspecified atom stereocenters. The summed E-state index contributed by atoms with van der Waals surface area (Å²) in [6, 6.07) is 2.79. The molecule has 0 fully saturated rings. The van der Waals surface area contributed by atoms with Crippen molar-refractivity contribution in [3.05, 3.63) is 33.9 Å². The average Bonchev–Trinajstić information content (AvgIpc) is 2.24. The van der Waals surface area contributed by atoms with Crippen LogP contribution in [0, 0.1) is 10.1 Å². The van der Waals surface area contributed by atoms with Crippen molar-refractivity contribution in [2.75, 3.05) is 0 Å². The molecular weight excluding hydrogens is 307 g/mol. The second-order valence-corrected chi connectivity index (χ2v) is 5.11. The number of benzene rings is 1. The zero-order valence-electron chi connectivity index (χ0n) is 9.40. The number of carbonyl (C=O) groups is 1. The van der Waals surface area contributed by atoms with Gasteiger partial charge in [0.1, 0.15) is 5.38 Å². The molecule has 0 saturated heterocycles. The Balaban J connectivity index is 3.25. The highest BCUT2D eigenvalue weighted by Gasteiger charge is 2.31. The van der Waals surface area contributed by atoms with E-state index in [1.807, 2.05) is 0 Å². The Morgan fingerprint density at radius 1 is 1.42 bits per heavy atom. The van der Waals surface area contributed by atoms with Crippen LogP contribution in [0.25, 0.3) is 0 Å². The molecule has 0 aliphatic carbocycles. The van der Waals surface area contributed by atoms with Crippen LogP contribution in [0.15, 0.2) is 23.1 Å². The number of nitrogens with zero attached hydrogens (tertiary/aromatic N) is 1. The van der Waals surface area contributed by atoms with E-state index in [1.165, 1.54) is 0 Å². The van der Waals surface area contributed by atoms with Crippen molar-refractivity contribution in [1.29, 1.82) is 0 Å². The topological polar surface area (TPSA) is 60.2 Å². The number of non-ortho nitro benzene ring substituents is 1. The Hall–Kier alpha value is -1.28. The van der Waals surface area contributed by atoms with Crippen LogP contribution < -0.4 is 0 Å². The third-order valence-corrected chi connectivity index (χ3v) is 3.27. The van der Waals surface area contributed by atoms with Gasteiger partial charge in [0.15, 0.2) is 5.78 Å². The number of hydrogen-bond acceptors (Lipinski definition) is 4. The molecule has 1 rings (SSSR count). The zero-order valence-corrected chi connectivity index (χ0v) is 11.0. The number of Topliss-reactive ketones (excluding diaryl/α,β-unsaturated/α-hetero) is 1. The second-order valence-electron chi connectivity index (χ2n) is 3.54. The summed E-state index contributed by atoms with van der Waals surface area (Å²) in [5, 5.41) is 9.44. The van der Waals surface area contributed by atoms with E-state index in [4.69, 9.17) is 11.6 Å². The van der Waals surface area contributed by atoms with Gasteiger partial charge >= 0.3 is 5.51 Å². The standard InChI is InChI=1S/C10H7ClF3NO3S/c1-5(16)9(11)6-2-7(15(17)18)4-8(3-6)19-10(12,13)14/h2-4,9H,1H3. The number of carbonyl (C=O) groups excluding carboxylic acids is 1. The largest absolute Gasteiger partial charge is 0.446 e. The van der Waals surface area contributed by atoms with Crippen LogP contribution in [-0.4, -0.2) is 16.2 Å². The molecule has 0 aliphatic rings. The van der Waals surface area contributed by atoms with Gasteiger partial charge < -0.3 is 0 Å². The lowest BCUT2D eigenvalue weighted by atomic mass is 10.1. The highest BCUT2D eigenvalue weighted by molar-refractivity contribution is 8.00. The molecule has 0 saturated carbocycles. The Morgan fingerprint density at radius 2 is 2.00 bits per heavy atom. The lowest BCUT2D eigenvalue weighted by molar-refractivity contribution is -0.385. The maximum Gasteiger partial charge on any atom is 0.446 e. The minimum atomic E-state index is -4.58. The maximum absolute atomic E-state index is 12.3. The highest BCUT2D eigenvalue weighted by atomic mass is 35.5. The normalized spacial score (nSPS) is 13.1. The minimum absolute atomic E-state index is 0.0323. The van der Waals surface area contributed by atoms with Gasteiger partial charge in [0.25, 0.3) is 5.69 Å². The van der Waals surface area contributed by atoms with Gasteiger partial charge in [-0.3, -0.25) is 14.9 Å². The highest BCUT2D eigenvalue weighted by Crippen LogP contribution is 2.40. The summed E-state index contributed by atoms with van der Waals surface area (Å²) >= 11 is 5.20. The fourth-order valence-electron chi connectivity index (χ4n) is 1.28. The molecule has 0 aromatic heterocycles. The first-order valence-corrected chi connectivity index (χ1v) is 6.05. The average molecular weight is 314 g/mol. The van der Waals surface area contributed by atoms with Crippen molar-refractivity contribution in [2.45, 2.75) is 22.7 Å². The van der Waals surface area contributed by atoms with Crippen LogP contribution in [-0.2, 0) is 4.79 Å². The van der Waals surface area contributed by atoms with Crippen LogP contribution in [0.5, 0.6) is 0 Å². The van der Waals surface area contributed by atoms with E-state index in [2.05, 4.69) is 0 Å². The Labute approximate surface area is 115 Å². The van der Waals surface area contributed by atoms with E-state index in [1.54, 1.807) is 0 Å². The summed E-state index contributed by atoms with van der Waals surface area (Å²) in [5.74, 6) is -0.509. The predicted molar refractivity (Wildman–Crippen MR) is 64.3 cm³/mol. The number of halogens is 4. The number of nitro benzene ring substituents is 1. The summed E-state index contributed by atoms with van der Waals surface area (Å²) in [7, 11) is 0. The molecule has 19 heavy (non-hydrogen) atoms. The van der Waals surface area contributed by atoms with Crippen molar-refractivity contribution in [3.63, 3.8) is 0 Å². The van der Waals surface area contributed by atoms with Gasteiger partial charge in [-0.2, -0.15) is 13.2 Å². The fraction of sp³-hybridized carbons (Fsp3) is 0.300. The fourth-order valence-corrected chi connectivity index (χ4v) is 2.05. The third kappa shape index (κ3) is 4.71. The van der Waals surface area contributed by atoms with Crippen molar-refractivity contribution >= 4 is 34.8 Å². The SMILES string of the molecule is CC(=O)C(Cl)c1cc(SC(F)(F)F)cc([N+](=O)[O-])c1. The van der Waals surface area contributed by atoms with Crippen molar-refractivity contribution in [3.8, 4) is 0 Å². The third-order valence-electron chi connectivity index (χ3n) is 2.01. The summed E-state index contributed by atoms with van der Waals surface area (Å²) in [4.78, 5) is 20.5. The first kappa shape index (κ1) is 15.8. The van der Waals surface area contributed by atoms with Crippen molar-refractivity contribution < 1.29 is 22.9 Å². The molecule has 9 heteroatoms. The van der Waals surface area contributed by atoms with E-state index in [-0.39, 0.29) is 10.5 Å². The molecule has 1 aromatic carbocycles. The van der Waals surface area contributed by atoms with Gasteiger partial charge in [-0.05, 0) is 30.3 Å². The number of thioether (sulfide) groups is 1. The summed E-state index contributed by atoms with van der Waals surface area (Å²) in [6.45, 7) is 1.15. The van der Waals surface area contributed by atoms with Gasteiger partial charge in [-0.1, -0.05) is 0 Å². The molecule has 0 amide bonds. The first-order chi connectivity index (χ1) is 8.60. The number of nitro groups is 1. The molecular formula is C10H7ClF3NO3S. The molecule has 0 radical (unpaired) electrons. The lowest BCUT2D eigenvalue weighted by Crippen LogP contribution is -2.04. The molecule has 0 N–H and O–H groups in total. The van der Waals surface area contributed by atoms with Gasteiger partial charge in [-0.15, -0.1) is 11.6 Å². The van der Waals surface area contributed by atoms with Crippen LogP contribution in [0.3, 0.4) is 0 Å². The molecule has 0 heterocycles. The van der Waals surface area contributed by atoms with Gasteiger partial charge in [-0.25, -0.2) is 0 Å². The Bertz CT molecular complexity index is 521. The van der Waals surface area contributed by atoms with Gasteiger partial charge in [0.05, 0.1) is 4.92 Å². The number of rotatable bonds is 4. The molecule has 0 aliphatic heterocycles. The zero-order chi connectivity index (χ0) is 14.8. The van der Waals surface area contributed by atoms with E-state index in [0.29, 0.717) is 0 Å². The molecule has 0 spiro atoms. The molecule has 104 valence electrons. The number of ketones is 1. The van der Waals surface area contributed by atoms with E-state index in [9.17, 15) is 28.1 Å². The van der Waals surface area contributed by atoms with Crippen molar-refractivity contribution in [1.82, 2.24) is 0 Å². The summed E-state index contributed by atoms with van der Waals surface area (Å²) < 4.78 is 36.8. The molecule has 1 atom stereocenters. The van der Waals surface area contributed by atoms with Gasteiger partial charge in [0, 0.05) is 17.0 Å². The second kappa shape index (κ2) is 5.79. The van der Waals surface area contributed by atoms with Crippen LogP contribution in [0.2, 0.25) is 0 Å². The first-order valence-electron chi connectivity index (χ1n) is 4.80. The number of hydrogen-bond donors (Lipinski definition) is 0. The molecule has 1 aromatic rings. The smallest absolute Gasteiger partial charge is 0.298 e. The summed E-state index contributed by atoms with van der Waals surface area (Å²) in [5.41, 5.74) is -5.16. The monoisotopic (exact) mass is 313 g/mol. The van der Waals surface area contributed by atoms with E-state index < -0.39 is 39.0 Å². The number of alkyl halides is 4. The van der Waals surface area contributed by atoms with Crippen molar-refractivity contribution in [2.24, 2.45) is 0 Å². The quantitative estimate of drug-likeness (QED) is 0.364. The van der Waals surface area contributed by atoms with Crippen LogP contribution >= 0.6 is 23.4 Å². The molecule has 4 nitrogen and oxygen atoms in total. The van der Waals surface area contributed by atoms with Crippen LogP contribution in [0.4, 0.5) is 18.9 Å². The van der Waals surface area contributed by atoms with Gasteiger partial charge in [0.2, 0.25) is 0 Å².